The molecule has 2 aromatic heterocycles. The van der Waals surface area contributed by atoms with Crippen molar-refractivity contribution < 1.29 is 18.6 Å². The van der Waals surface area contributed by atoms with Crippen LogP contribution in [0, 0.1) is 12.7 Å². The van der Waals surface area contributed by atoms with Crippen molar-refractivity contribution in [1.29, 1.82) is 0 Å². The molecular formula is C26H25ClFN4O3. The fraction of sp³-hybridized carbons (Fsp3) is 0.269. The number of para-hydroxylation sites is 1. The minimum atomic E-state index is -0.667. The van der Waals surface area contributed by atoms with Crippen LogP contribution in [0.5, 0.6) is 11.5 Å². The van der Waals surface area contributed by atoms with E-state index >= 15 is 4.39 Å². The van der Waals surface area contributed by atoms with Crippen LogP contribution in [0.4, 0.5) is 4.39 Å². The summed E-state index contributed by atoms with van der Waals surface area (Å²) in [6.45, 7) is 4.41. The minimum absolute atomic E-state index is 0.284. The van der Waals surface area contributed by atoms with Crippen LogP contribution < -0.4 is 9.47 Å². The Hall–Kier alpha value is -3.36. The van der Waals surface area contributed by atoms with E-state index in [1.807, 2.05) is 47.3 Å². The second-order valence-corrected chi connectivity index (χ2v) is 8.66. The summed E-state index contributed by atoms with van der Waals surface area (Å²) in [4.78, 5) is 0. The van der Waals surface area contributed by atoms with Crippen LogP contribution in [0.25, 0.3) is 5.69 Å². The lowest BCUT2D eigenvalue weighted by Crippen LogP contribution is -2.14. The number of aryl methyl sites for hydroxylation is 1. The number of hydrogen-bond donors (Lipinski definition) is 0. The Kier molecular flexibility index (Phi) is 6.49. The molecule has 9 heteroatoms. The Balaban J connectivity index is 1.63. The first-order valence-electron chi connectivity index (χ1n) is 11.2. The van der Waals surface area contributed by atoms with Gasteiger partial charge in [0.05, 0.1) is 31.3 Å². The zero-order chi connectivity index (χ0) is 24.5. The average molecular weight is 496 g/mol. The van der Waals surface area contributed by atoms with Gasteiger partial charge in [-0.1, -0.05) is 28.9 Å². The summed E-state index contributed by atoms with van der Waals surface area (Å²) >= 11 is 6.33. The van der Waals surface area contributed by atoms with Gasteiger partial charge in [-0.05, 0) is 50.1 Å². The van der Waals surface area contributed by atoms with Crippen molar-refractivity contribution in [3.8, 4) is 17.2 Å². The van der Waals surface area contributed by atoms with Crippen molar-refractivity contribution in [2.75, 3.05) is 14.2 Å². The minimum Gasteiger partial charge on any atom is -0.493 e. The number of ether oxygens (including phenoxy) is 3. The van der Waals surface area contributed by atoms with Crippen LogP contribution in [-0.2, 0) is 17.7 Å². The van der Waals surface area contributed by atoms with Gasteiger partial charge >= 0.3 is 0 Å². The molecule has 0 saturated heterocycles. The summed E-state index contributed by atoms with van der Waals surface area (Å²) in [7, 11) is 3.15. The van der Waals surface area contributed by atoms with Crippen molar-refractivity contribution in [1.82, 2.24) is 19.6 Å². The van der Waals surface area contributed by atoms with Gasteiger partial charge in [0.1, 0.15) is 18.0 Å². The molecule has 5 rings (SSSR count). The quantitative estimate of drug-likeness (QED) is 0.338. The molecule has 0 amide bonds. The second-order valence-electron chi connectivity index (χ2n) is 8.23. The zero-order valence-corrected chi connectivity index (χ0v) is 20.2. The molecule has 1 radical (unpaired) electrons. The van der Waals surface area contributed by atoms with E-state index in [2.05, 4.69) is 17.2 Å². The lowest BCUT2D eigenvalue weighted by atomic mass is 9.98. The van der Waals surface area contributed by atoms with E-state index in [1.165, 1.54) is 6.07 Å². The lowest BCUT2D eigenvalue weighted by Gasteiger charge is -2.25. The van der Waals surface area contributed by atoms with Crippen molar-refractivity contribution in [3.63, 3.8) is 0 Å². The first-order valence-corrected chi connectivity index (χ1v) is 11.6. The van der Waals surface area contributed by atoms with E-state index in [0.29, 0.717) is 47.7 Å². The Morgan fingerprint density at radius 3 is 2.74 bits per heavy atom. The summed E-state index contributed by atoms with van der Waals surface area (Å²) in [5, 5.41) is 8.58. The molecule has 3 heterocycles. The molecular weight excluding hydrogens is 471 g/mol. The standard InChI is InChI=1S/C26H25ClFN4O3/c1-4-17-15-31(30-29-17)12-10-22-21-8-6-11-32(21)24-19(13-16(27)14-20(24)28)25(35-22)18-7-5-9-23(33-2)26(18)34-3/h5-9,11,13-15,22,25H,1,4,10,12H2,2-3H3/t22-,25-/m1/s1. The SMILES string of the molecule is [CH2]Cc1cn(CC[C@H]2O[C@H](c3cccc(OC)c3OC)c3cc(Cl)cc(F)c3-n3cccc32)nn1. The van der Waals surface area contributed by atoms with Crippen LogP contribution in [-0.4, -0.2) is 33.8 Å². The van der Waals surface area contributed by atoms with Gasteiger partial charge in [0.15, 0.2) is 11.5 Å². The van der Waals surface area contributed by atoms with E-state index in [-0.39, 0.29) is 11.1 Å². The van der Waals surface area contributed by atoms with Crippen molar-refractivity contribution >= 4 is 11.6 Å². The molecule has 1 aliphatic rings. The Labute approximate surface area is 208 Å². The molecule has 0 unspecified atom stereocenters. The number of nitrogens with zero attached hydrogens (tertiary/aromatic N) is 4. The summed E-state index contributed by atoms with van der Waals surface area (Å²) in [6.07, 6.45) is 3.80. The maximum Gasteiger partial charge on any atom is 0.166 e. The van der Waals surface area contributed by atoms with E-state index in [4.69, 9.17) is 25.8 Å². The summed E-state index contributed by atoms with van der Waals surface area (Å²) in [6, 6.07) is 12.4. The largest absolute Gasteiger partial charge is 0.493 e. The van der Waals surface area contributed by atoms with E-state index in [0.717, 1.165) is 11.4 Å². The maximum atomic E-state index is 15.5. The van der Waals surface area contributed by atoms with Gasteiger partial charge < -0.3 is 18.8 Å². The van der Waals surface area contributed by atoms with Gasteiger partial charge in [-0.25, -0.2) is 4.39 Å². The van der Waals surface area contributed by atoms with Crippen LogP contribution in [0.3, 0.4) is 0 Å². The Bertz CT molecular complexity index is 1350. The van der Waals surface area contributed by atoms with Gasteiger partial charge in [-0.15, -0.1) is 5.10 Å². The van der Waals surface area contributed by atoms with Gasteiger partial charge in [0.2, 0.25) is 0 Å². The normalized spacial score (nSPS) is 16.9. The molecule has 2 aromatic carbocycles. The third-order valence-electron chi connectivity index (χ3n) is 6.17. The molecule has 0 N–H and O–H groups in total. The monoisotopic (exact) mass is 495 g/mol. The summed E-state index contributed by atoms with van der Waals surface area (Å²) < 4.78 is 37.1. The number of halogens is 2. The van der Waals surface area contributed by atoms with Gasteiger partial charge in [0.25, 0.3) is 0 Å². The zero-order valence-electron chi connectivity index (χ0n) is 19.4. The average Bonchev–Trinajstić information content (AvgIpc) is 3.50. The van der Waals surface area contributed by atoms with Crippen LogP contribution in [0.1, 0.15) is 41.1 Å². The fourth-order valence-corrected chi connectivity index (χ4v) is 4.81. The number of aromatic nitrogens is 4. The first-order chi connectivity index (χ1) is 17.0. The number of benzene rings is 2. The van der Waals surface area contributed by atoms with Crippen LogP contribution in [0.2, 0.25) is 5.02 Å². The third-order valence-corrected chi connectivity index (χ3v) is 6.39. The van der Waals surface area contributed by atoms with Crippen molar-refractivity contribution in [3.05, 3.63) is 95.1 Å². The van der Waals surface area contributed by atoms with E-state index in [9.17, 15) is 0 Å². The molecule has 1 aliphatic heterocycles. The molecule has 0 bridgehead atoms. The molecule has 0 saturated carbocycles. The Morgan fingerprint density at radius 1 is 1.14 bits per heavy atom. The van der Waals surface area contributed by atoms with E-state index in [1.54, 1.807) is 25.0 Å². The molecule has 0 aliphatic carbocycles. The predicted molar refractivity (Wildman–Crippen MR) is 130 cm³/mol. The highest BCUT2D eigenvalue weighted by Crippen LogP contribution is 2.47. The smallest absolute Gasteiger partial charge is 0.166 e. The maximum absolute atomic E-state index is 15.5. The van der Waals surface area contributed by atoms with Crippen LogP contribution in [0.15, 0.2) is 54.9 Å². The first kappa shape index (κ1) is 23.4. The highest BCUT2D eigenvalue weighted by molar-refractivity contribution is 6.30. The molecule has 0 fully saturated rings. The molecule has 7 nitrogen and oxygen atoms in total. The van der Waals surface area contributed by atoms with E-state index < -0.39 is 11.9 Å². The molecule has 0 spiro atoms. The van der Waals surface area contributed by atoms with Gasteiger partial charge in [-0.2, -0.15) is 0 Å². The van der Waals surface area contributed by atoms with Gasteiger partial charge in [0, 0.05) is 35.1 Å². The van der Waals surface area contributed by atoms with Gasteiger partial charge in [-0.3, -0.25) is 4.68 Å². The number of methoxy groups -OCH3 is 2. The lowest BCUT2D eigenvalue weighted by molar-refractivity contribution is -0.00176. The van der Waals surface area contributed by atoms with Crippen molar-refractivity contribution in [2.45, 2.75) is 31.6 Å². The number of rotatable bonds is 7. The fourth-order valence-electron chi connectivity index (χ4n) is 4.59. The third kappa shape index (κ3) is 4.28. The number of hydrogen-bond acceptors (Lipinski definition) is 5. The summed E-state index contributed by atoms with van der Waals surface area (Å²) in [5.41, 5.74) is 3.35. The molecule has 2 atom stereocenters. The number of fused-ring (bicyclic) bond motifs is 3. The summed E-state index contributed by atoms with van der Waals surface area (Å²) in [5.74, 6) is 0.645. The molecule has 35 heavy (non-hydrogen) atoms. The highest BCUT2D eigenvalue weighted by Gasteiger charge is 2.34. The Morgan fingerprint density at radius 2 is 2.00 bits per heavy atom. The molecule has 181 valence electrons. The molecule has 4 aromatic rings. The topological polar surface area (TPSA) is 63.3 Å². The second kappa shape index (κ2) is 9.71. The predicted octanol–water partition coefficient (Wildman–Crippen LogP) is 5.51. The highest BCUT2D eigenvalue weighted by atomic mass is 35.5. The van der Waals surface area contributed by atoms with Crippen molar-refractivity contribution in [2.24, 2.45) is 0 Å². The van der Waals surface area contributed by atoms with Crippen LogP contribution >= 0.6 is 11.6 Å².